The van der Waals surface area contributed by atoms with Crippen LogP contribution >= 0.6 is 0 Å². The number of carbonyl (C=O) groups is 2. The van der Waals surface area contributed by atoms with Crippen LogP contribution in [0.1, 0.15) is 16.7 Å². The van der Waals surface area contributed by atoms with Gasteiger partial charge in [0.25, 0.3) is 0 Å². The number of rotatable bonds is 7. The van der Waals surface area contributed by atoms with Crippen molar-refractivity contribution in [2.24, 2.45) is 0 Å². The third kappa shape index (κ3) is 5.84. The quantitative estimate of drug-likeness (QED) is 0.623. The van der Waals surface area contributed by atoms with E-state index in [1.165, 1.54) is 0 Å². The van der Waals surface area contributed by atoms with Gasteiger partial charge in [0.05, 0.1) is 0 Å². The highest BCUT2D eigenvalue weighted by atomic mass is 16.4. The predicted octanol–water partition coefficient (Wildman–Crippen LogP) is 2.53. The fourth-order valence-electron chi connectivity index (χ4n) is 2.47. The van der Waals surface area contributed by atoms with Gasteiger partial charge in [-0.25, -0.2) is 4.79 Å². The van der Waals surface area contributed by atoms with Gasteiger partial charge in [0, 0.05) is 25.7 Å². The van der Waals surface area contributed by atoms with Gasteiger partial charge in [0.1, 0.15) is 6.04 Å². The Morgan fingerprint density at radius 2 is 1.80 bits per heavy atom. The van der Waals surface area contributed by atoms with Crippen LogP contribution in [0.2, 0.25) is 0 Å². The molecule has 0 saturated carbocycles. The summed E-state index contributed by atoms with van der Waals surface area (Å²) in [4.78, 5) is 23.5. The highest BCUT2D eigenvalue weighted by Crippen LogP contribution is 2.12. The van der Waals surface area contributed by atoms with E-state index in [2.05, 4.69) is 16.0 Å². The number of anilines is 1. The highest BCUT2D eigenvalue weighted by molar-refractivity contribution is 5.85. The number of benzene rings is 2. The average Bonchev–Trinajstić information content (AvgIpc) is 2.60. The minimum absolute atomic E-state index is 0.279. The lowest BCUT2D eigenvalue weighted by atomic mass is 10.0. The average molecular weight is 341 g/mol. The Hall–Kier alpha value is -3.02. The van der Waals surface area contributed by atoms with Crippen molar-refractivity contribution in [2.75, 3.05) is 12.4 Å². The largest absolute Gasteiger partial charge is 0.465 e. The third-order valence-corrected chi connectivity index (χ3v) is 3.86. The van der Waals surface area contributed by atoms with E-state index in [1.807, 2.05) is 55.5 Å². The Morgan fingerprint density at radius 3 is 2.44 bits per heavy atom. The monoisotopic (exact) mass is 341 g/mol. The fraction of sp³-hybridized carbons (Fsp3) is 0.263. The van der Waals surface area contributed by atoms with E-state index in [0.29, 0.717) is 6.54 Å². The molecule has 0 heterocycles. The standard InChI is InChI=1S/C19H23N3O3/c1-13-6-8-14(9-7-13)12-21-18(23)17(22-19(24)25)11-15-4-3-5-16(10-15)20-2/h3-10,17,20,22H,11-12H2,1-2H3,(H,21,23)(H,24,25). The maximum Gasteiger partial charge on any atom is 0.405 e. The third-order valence-electron chi connectivity index (χ3n) is 3.86. The van der Waals surface area contributed by atoms with Gasteiger partial charge in [-0.2, -0.15) is 0 Å². The zero-order chi connectivity index (χ0) is 18.2. The summed E-state index contributed by atoms with van der Waals surface area (Å²) in [5.41, 5.74) is 3.89. The molecule has 1 atom stereocenters. The van der Waals surface area contributed by atoms with Crippen LogP contribution in [0.4, 0.5) is 10.5 Å². The van der Waals surface area contributed by atoms with Crippen molar-refractivity contribution < 1.29 is 14.7 Å². The number of carbonyl (C=O) groups excluding carboxylic acids is 1. The summed E-state index contributed by atoms with van der Waals surface area (Å²) in [5.74, 6) is -0.349. The number of nitrogens with one attached hydrogen (secondary N) is 3. The van der Waals surface area contributed by atoms with Crippen molar-refractivity contribution in [2.45, 2.75) is 25.9 Å². The van der Waals surface area contributed by atoms with E-state index in [-0.39, 0.29) is 12.3 Å². The summed E-state index contributed by atoms with van der Waals surface area (Å²) in [5, 5.41) is 17.1. The molecule has 6 nitrogen and oxygen atoms in total. The second-order valence-electron chi connectivity index (χ2n) is 5.86. The van der Waals surface area contributed by atoms with Crippen molar-refractivity contribution in [3.8, 4) is 0 Å². The van der Waals surface area contributed by atoms with Crippen LogP contribution in [0.5, 0.6) is 0 Å². The summed E-state index contributed by atoms with van der Waals surface area (Å²) in [7, 11) is 1.81. The van der Waals surface area contributed by atoms with Gasteiger partial charge in [-0.3, -0.25) is 4.79 Å². The normalized spacial score (nSPS) is 11.4. The molecular weight excluding hydrogens is 318 g/mol. The zero-order valence-electron chi connectivity index (χ0n) is 14.4. The van der Waals surface area contributed by atoms with Crippen molar-refractivity contribution in [3.05, 3.63) is 65.2 Å². The topological polar surface area (TPSA) is 90.5 Å². The molecule has 0 spiro atoms. The van der Waals surface area contributed by atoms with Crippen LogP contribution in [-0.2, 0) is 17.8 Å². The molecule has 25 heavy (non-hydrogen) atoms. The summed E-state index contributed by atoms with van der Waals surface area (Å²) in [6.07, 6.45) is -0.943. The molecule has 2 rings (SSSR count). The van der Waals surface area contributed by atoms with Gasteiger partial charge in [0.2, 0.25) is 5.91 Å². The first-order valence-corrected chi connectivity index (χ1v) is 8.07. The summed E-state index contributed by atoms with van der Waals surface area (Å²) >= 11 is 0. The molecule has 0 aliphatic rings. The van der Waals surface area contributed by atoms with E-state index in [4.69, 9.17) is 5.11 Å². The lowest BCUT2D eigenvalue weighted by molar-refractivity contribution is -0.123. The molecule has 2 aromatic carbocycles. The first-order chi connectivity index (χ1) is 12.0. The van der Waals surface area contributed by atoms with Crippen LogP contribution in [0, 0.1) is 6.92 Å². The molecule has 0 fully saturated rings. The van der Waals surface area contributed by atoms with E-state index in [9.17, 15) is 9.59 Å². The highest BCUT2D eigenvalue weighted by Gasteiger charge is 2.21. The van der Waals surface area contributed by atoms with Crippen molar-refractivity contribution in [1.82, 2.24) is 10.6 Å². The van der Waals surface area contributed by atoms with Gasteiger partial charge < -0.3 is 21.1 Å². The second-order valence-corrected chi connectivity index (χ2v) is 5.86. The summed E-state index contributed by atoms with van der Waals surface area (Å²) in [6.45, 7) is 2.35. The van der Waals surface area contributed by atoms with Crippen LogP contribution in [0.25, 0.3) is 0 Å². The van der Waals surface area contributed by atoms with Gasteiger partial charge in [0.15, 0.2) is 0 Å². The van der Waals surface area contributed by atoms with E-state index >= 15 is 0 Å². The molecule has 0 aliphatic heterocycles. The first-order valence-electron chi connectivity index (χ1n) is 8.07. The maximum absolute atomic E-state index is 12.4. The Kier molecular flexibility index (Phi) is 6.39. The number of hydrogen-bond donors (Lipinski definition) is 4. The second kappa shape index (κ2) is 8.73. The van der Waals surface area contributed by atoms with Gasteiger partial charge in [-0.15, -0.1) is 0 Å². The van der Waals surface area contributed by atoms with Crippen LogP contribution in [0.3, 0.4) is 0 Å². The minimum atomic E-state index is -1.22. The Bertz CT molecular complexity index is 729. The van der Waals surface area contributed by atoms with E-state index in [1.54, 1.807) is 7.05 Å². The van der Waals surface area contributed by atoms with Gasteiger partial charge in [-0.05, 0) is 30.2 Å². The van der Waals surface area contributed by atoms with Crippen LogP contribution < -0.4 is 16.0 Å². The lowest BCUT2D eigenvalue weighted by Crippen LogP contribution is -2.47. The summed E-state index contributed by atoms with van der Waals surface area (Å²) in [6, 6.07) is 14.5. The molecule has 6 heteroatoms. The van der Waals surface area contributed by atoms with Gasteiger partial charge >= 0.3 is 6.09 Å². The number of hydrogen-bond acceptors (Lipinski definition) is 3. The molecule has 4 N–H and O–H groups in total. The van der Waals surface area contributed by atoms with Crippen LogP contribution in [0.15, 0.2) is 48.5 Å². The zero-order valence-corrected chi connectivity index (χ0v) is 14.4. The number of carboxylic acid groups (broad SMARTS) is 1. The van der Waals surface area contributed by atoms with E-state index in [0.717, 1.165) is 22.4 Å². The molecule has 1 unspecified atom stereocenters. The Morgan fingerprint density at radius 1 is 1.08 bits per heavy atom. The molecule has 0 saturated heterocycles. The van der Waals surface area contributed by atoms with Crippen molar-refractivity contribution in [1.29, 1.82) is 0 Å². The molecular formula is C19H23N3O3. The lowest BCUT2D eigenvalue weighted by Gasteiger charge is -2.17. The maximum atomic E-state index is 12.4. The predicted molar refractivity (Wildman–Crippen MR) is 97.7 cm³/mol. The number of amides is 2. The molecule has 0 aromatic heterocycles. The van der Waals surface area contributed by atoms with Crippen LogP contribution in [-0.4, -0.2) is 30.2 Å². The first kappa shape index (κ1) is 18.3. The Labute approximate surface area is 147 Å². The molecule has 0 aliphatic carbocycles. The van der Waals surface area contributed by atoms with E-state index < -0.39 is 12.1 Å². The van der Waals surface area contributed by atoms with Gasteiger partial charge in [-0.1, -0.05) is 42.0 Å². The van der Waals surface area contributed by atoms with Crippen molar-refractivity contribution in [3.63, 3.8) is 0 Å². The smallest absolute Gasteiger partial charge is 0.405 e. The van der Waals surface area contributed by atoms with Crippen molar-refractivity contribution >= 4 is 17.7 Å². The molecule has 132 valence electrons. The number of aryl methyl sites for hydroxylation is 1. The Balaban J connectivity index is 2.03. The molecule has 2 amide bonds. The minimum Gasteiger partial charge on any atom is -0.465 e. The SMILES string of the molecule is CNc1cccc(CC(NC(=O)O)C(=O)NCc2ccc(C)cc2)c1. The summed E-state index contributed by atoms with van der Waals surface area (Å²) < 4.78 is 0. The molecule has 0 bridgehead atoms. The molecule has 2 aromatic rings. The molecule has 0 radical (unpaired) electrons. The fourth-order valence-corrected chi connectivity index (χ4v) is 2.47.